The lowest BCUT2D eigenvalue weighted by molar-refractivity contribution is 0.0994. The Morgan fingerprint density at radius 2 is 2.10 bits per heavy atom. The third-order valence-electron chi connectivity index (χ3n) is 2.65. The second-order valence-electron chi connectivity index (χ2n) is 4.10. The smallest absolute Gasteiger partial charge is 0.267 e. The number of ether oxygens (including phenoxy) is 2. The number of amides is 1. The van der Waals surface area contributed by atoms with Gasteiger partial charge in [0.25, 0.3) is 5.91 Å². The van der Waals surface area contributed by atoms with Crippen molar-refractivity contribution in [3.05, 3.63) is 47.7 Å². The van der Waals surface area contributed by atoms with E-state index in [1.165, 1.54) is 12.1 Å². The lowest BCUT2D eigenvalue weighted by Gasteiger charge is -2.09. The number of methoxy groups -OCH3 is 1. The fourth-order valence-corrected chi connectivity index (χ4v) is 1.62. The molecule has 0 unspecified atom stereocenters. The summed E-state index contributed by atoms with van der Waals surface area (Å²) in [6.45, 7) is 0.261. The molecule has 0 fully saturated rings. The summed E-state index contributed by atoms with van der Waals surface area (Å²) in [5.74, 6) is 0.290. The molecule has 1 aromatic carbocycles. The van der Waals surface area contributed by atoms with E-state index in [0.29, 0.717) is 5.69 Å². The monoisotopic (exact) mass is 273 g/mol. The number of nitrogen functional groups attached to an aromatic ring is 1. The number of aromatic nitrogens is 1. The van der Waals surface area contributed by atoms with Crippen molar-refractivity contribution in [3.63, 3.8) is 0 Å². The minimum Gasteiger partial charge on any atom is -0.497 e. The van der Waals surface area contributed by atoms with Crippen LogP contribution in [0.4, 0.5) is 5.69 Å². The predicted molar refractivity (Wildman–Crippen MR) is 74.5 cm³/mol. The Morgan fingerprint density at radius 3 is 2.80 bits per heavy atom. The Hall–Kier alpha value is -2.76. The van der Waals surface area contributed by atoms with Crippen LogP contribution in [-0.4, -0.2) is 18.0 Å². The number of nitrogens with zero attached hydrogens (tertiary/aromatic N) is 1. The first-order chi connectivity index (χ1) is 9.60. The third-order valence-corrected chi connectivity index (χ3v) is 2.65. The molecule has 104 valence electrons. The fraction of sp³-hybridized carbons (Fsp3) is 0.143. The summed E-state index contributed by atoms with van der Waals surface area (Å²) < 4.78 is 10.6. The van der Waals surface area contributed by atoms with E-state index in [2.05, 4.69) is 4.98 Å². The highest BCUT2D eigenvalue weighted by Gasteiger charge is 2.08. The zero-order chi connectivity index (χ0) is 14.5. The van der Waals surface area contributed by atoms with Crippen molar-refractivity contribution in [1.29, 1.82) is 0 Å². The number of carbonyl (C=O) groups excluding carboxylic acids is 1. The number of hydrogen-bond acceptors (Lipinski definition) is 5. The second kappa shape index (κ2) is 5.92. The van der Waals surface area contributed by atoms with Gasteiger partial charge in [-0.15, -0.1) is 0 Å². The topological polar surface area (TPSA) is 100 Å². The highest BCUT2D eigenvalue weighted by molar-refractivity contribution is 5.91. The summed E-state index contributed by atoms with van der Waals surface area (Å²) in [5, 5.41) is 0. The average molecular weight is 273 g/mol. The van der Waals surface area contributed by atoms with Crippen molar-refractivity contribution < 1.29 is 14.3 Å². The summed E-state index contributed by atoms with van der Waals surface area (Å²) in [6, 6.07) is 10.4. The second-order valence-corrected chi connectivity index (χ2v) is 4.10. The zero-order valence-corrected chi connectivity index (χ0v) is 11.0. The molecule has 0 bridgehead atoms. The van der Waals surface area contributed by atoms with E-state index in [4.69, 9.17) is 20.9 Å². The minimum absolute atomic E-state index is 0.111. The molecule has 1 aromatic heterocycles. The van der Waals surface area contributed by atoms with Crippen molar-refractivity contribution in [2.45, 2.75) is 6.61 Å². The molecule has 1 amide bonds. The standard InChI is InChI=1S/C14H15N3O3/c1-19-10-4-2-3-9(7-10)8-20-14-11(15)5-6-12(17-14)13(16)18/h2-7H,8,15H2,1H3,(H2,16,18). The largest absolute Gasteiger partial charge is 0.497 e. The van der Waals surface area contributed by atoms with E-state index >= 15 is 0 Å². The minimum atomic E-state index is -0.628. The molecule has 1 heterocycles. The summed E-state index contributed by atoms with van der Waals surface area (Å²) >= 11 is 0. The molecule has 0 aliphatic rings. The third kappa shape index (κ3) is 3.17. The fourth-order valence-electron chi connectivity index (χ4n) is 1.62. The molecule has 0 atom stereocenters. The van der Waals surface area contributed by atoms with Crippen LogP contribution < -0.4 is 20.9 Å². The molecule has 2 aromatic rings. The molecule has 2 rings (SSSR count). The molecule has 0 saturated carbocycles. The SMILES string of the molecule is COc1cccc(COc2nc(C(N)=O)ccc2N)c1. The van der Waals surface area contributed by atoms with E-state index < -0.39 is 5.91 Å². The first-order valence-corrected chi connectivity index (χ1v) is 5.92. The van der Waals surface area contributed by atoms with Gasteiger partial charge in [-0.05, 0) is 29.8 Å². The summed E-state index contributed by atoms with van der Waals surface area (Å²) in [6.07, 6.45) is 0. The van der Waals surface area contributed by atoms with Crippen LogP contribution in [0.15, 0.2) is 36.4 Å². The van der Waals surface area contributed by atoms with Crippen molar-refractivity contribution in [3.8, 4) is 11.6 Å². The zero-order valence-electron chi connectivity index (χ0n) is 11.0. The van der Waals surface area contributed by atoms with Gasteiger partial charge in [0.2, 0.25) is 5.88 Å². The van der Waals surface area contributed by atoms with Crippen LogP contribution in [-0.2, 0) is 6.61 Å². The summed E-state index contributed by atoms with van der Waals surface area (Å²) in [7, 11) is 1.59. The van der Waals surface area contributed by atoms with E-state index in [-0.39, 0.29) is 18.2 Å². The first kappa shape index (κ1) is 13.7. The Bertz CT molecular complexity index is 629. The molecule has 0 aliphatic carbocycles. The molecule has 6 heteroatoms. The van der Waals surface area contributed by atoms with Gasteiger partial charge in [-0.1, -0.05) is 12.1 Å². The highest BCUT2D eigenvalue weighted by Crippen LogP contribution is 2.20. The Balaban J connectivity index is 2.13. The van der Waals surface area contributed by atoms with Gasteiger partial charge in [0.05, 0.1) is 12.8 Å². The first-order valence-electron chi connectivity index (χ1n) is 5.92. The number of nitrogens with two attached hydrogens (primary N) is 2. The number of pyridine rings is 1. The molecule has 4 N–H and O–H groups in total. The average Bonchev–Trinajstić information content (AvgIpc) is 2.46. The van der Waals surface area contributed by atoms with Crippen LogP contribution >= 0.6 is 0 Å². The van der Waals surface area contributed by atoms with Gasteiger partial charge in [0.1, 0.15) is 18.1 Å². The molecular formula is C14H15N3O3. The van der Waals surface area contributed by atoms with Crippen LogP contribution in [0.3, 0.4) is 0 Å². The number of hydrogen-bond donors (Lipinski definition) is 2. The van der Waals surface area contributed by atoms with Crippen molar-refractivity contribution in [2.75, 3.05) is 12.8 Å². The number of carbonyl (C=O) groups is 1. The lowest BCUT2D eigenvalue weighted by Crippen LogP contribution is -2.14. The number of benzene rings is 1. The van der Waals surface area contributed by atoms with E-state index in [9.17, 15) is 4.79 Å². The lowest BCUT2D eigenvalue weighted by atomic mass is 10.2. The number of anilines is 1. The Morgan fingerprint density at radius 1 is 1.30 bits per heavy atom. The summed E-state index contributed by atoms with van der Waals surface area (Å²) in [5.41, 5.74) is 12.3. The van der Waals surface area contributed by atoms with Gasteiger partial charge < -0.3 is 20.9 Å². The summed E-state index contributed by atoms with van der Waals surface area (Å²) in [4.78, 5) is 15.0. The van der Waals surface area contributed by atoms with Gasteiger partial charge in [-0.2, -0.15) is 0 Å². The number of rotatable bonds is 5. The maximum absolute atomic E-state index is 11.1. The molecule has 0 aliphatic heterocycles. The molecular weight excluding hydrogens is 258 g/mol. The Kier molecular flexibility index (Phi) is 4.05. The van der Waals surface area contributed by atoms with Gasteiger partial charge >= 0.3 is 0 Å². The van der Waals surface area contributed by atoms with Crippen molar-refractivity contribution in [1.82, 2.24) is 4.98 Å². The quantitative estimate of drug-likeness (QED) is 0.856. The Labute approximate surface area is 116 Å². The van der Waals surface area contributed by atoms with Crippen molar-refractivity contribution in [2.24, 2.45) is 5.73 Å². The predicted octanol–water partition coefficient (Wildman–Crippen LogP) is 1.35. The van der Waals surface area contributed by atoms with Crippen LogP contribution in [0.25, 0.3) is 0 Å². The van der Waals surface area contributed by atoms with Gasteiger partial charge in [0, 0.05) is 0 Å². The molecule has 0 spiro atoms. The van der Waals surface area contributed by atoms with Gasteiger partial charge in [0.15, 0.2) is 0 Å². The van der Waals surface area contributed by atoms with Gasteiger partial charge in [-0.3, -0.25) is 4.79 Å². The molecule has 6 nitrogen and oxygen atoms in total. The van der Waals surface area contributed by atoms with E-state index in [0.717, 1.165) is 11.3 Å². The molecule has 20 heavy (non-hydrogen) atoms. The van der Waals surface area contributed by atoms with Crippen LogP contribution in [0.2, 0.25) is 0 Å². The van der Waals surface area contributed by atoms with Crippen LogP contribution in [0, 0.1) is 0 Å². The number of primary amides is 1. The maximum Gasteiger partial charge on any atom is 0.267 e. The van der Waals surface area contributed by atoms with Gasteiger partial charge in [-0.25, -0.2) is 4.98 Å². The molecule has 0 saturated heterocycles. The highest BCUT2D eigenvalue weighted by atomic mass is 16.5. The van der Waals surface area contributed by atoms with E-state index in [1.54, 1.807) is 7.11 Å². The van der Waals surface area contributed by atoms with Crippen LogP contribution in [0.1, 0.15) is 16.1 Å². The van der Waals surface area contributed by atoms with E-state index in [1.807, 2.05) is 24.3 Å². The normalized spacial score (nSPS) is 10.1. The van der Waals surface area contributed by atoms with Crippen LogP contribution in [0.5, 0.6) is 11.6 Å². The molecule has 0 radical (unpaired) electrons. The van der Waals surface area contributed by atoms with Crippen molar-refractivity contribution >= 4 is 11.6 Å². The maximum atomic E-state index is 11.1.